The SMILES string of the molecule is FC(F)(F)CC(F)(F)F.O=CO. The molecule has 0 fully saturated rings. The van der Waals surface area contributed by atoms with Crippen LogP contribution >= 0.6 is 0 Å². The molecule has 0 bridgehead atoms. The van der Waals surface area contributed by atoms with Crippen LogP contribution in [0.2, 0.25) is 0 Å². The average molecular weight is 198 g/mol. The number of carbonyl (C=O) groups is 1. The lowest BCUT2D eigenvalue weighted by Crippen LogP contribution is -2.20. The van der Waals surface area contributed by atoms with Crippen molar-refractivity contribution in [3.8, 4) is 0 Å². The molecule has 0 aromatic heterocycles. The van der Waals surface area contributed by atoms with E-state index in [1.165, 1.54) is 0 Å². The van der Waals surface area contributed by atoms with E-state index < -0.39 is 18.8 Å². The highest BCUT2D eigenvalue weighted by atomic mass is 19.4. The van der Waals surface area contributed by atoms with Gasteiger partial charge in [-0.15, -0.1) is 0 Å². The van der Waals surface area contributed by atoms with Gasteiger partial charge in [0.2, 0.25) is 0 Å². The zero-order valence-electron chi connectivity index (χ0n) is 5.41. The number of halogens is 6. The summed E-state index contributed by atoms with van der Waals surface area (Å²) >= 11 is 0. The van der Waals surface area contributed by atoms with E-state index in [-0.39, 0.29) is 6.47 Å². The van der Waals surface area contributed by atoms with Gasteiger partial charge in [-0.05, 0) is 0 Å². The molecule has 74 valence electrons. The monoisotopic (exact) mass is 198 g/mol. The van der Waals surface area contributed by atoms with Gasteiger partial charge in [-0.25, -0.2) is 0 Å². The summed E-state index contributed by atoms with van der Waals surface area (Å²) in [7, 11) is 0. The van der Waals surface area contributed by atoms with Crippen molar-refractivity contribution >= 4 is 6.47 Å². The second-order valence-electron chi connectivity index (χ2n) is 1.51. The lowest BCUT2D eigenvalue weighted by Gasteiger charge is -2.08. The first kappa shape index (κ1) is 13.6. The van der Waals surface area contributed by atoms with Crippen molar-refractivity contribution < 1.29 is 36.2 Å². The zero-order valence-corrected chi connectivity index (χ0v) is 5.41. The van der Waals surface area contributed by atoms with Crippen molar-refractivity contribution in [3.63, 3.8) is 0 Å². The first-order valence-electron chi connectivity index (χ1n) is 2.33. The molecule has 0 heterocycles. The minimum Gasteiger partial charge on any atom is -0.483 e. The van der Waals surface area contributed by atoms with E-state index in [9.17, 15) is 26.3 Å². The third kappa shape index (κ3) is 23.0. The molecular weight excluding hydrogens is 194 g/mol. The van der Waals surface area contributed by atoms with Gasteiger partial charge in [-0.1, -0.05) is 0 Å². The lowest BCUT2D eigenvalue weighted by molar-refractivity contribution is -0.232. The Morgan fingerprint density at radius 2 is 1.17 bits per heavy atom. The highest BCUT2D eigenvalue weighted by molar-refractivity contribution is 5.32. The second-order valence-corrected chi connectivity index (χ2v) is 1.51. The summed E-state index contributed by atoms with van der Waals surface area (Å²) in [4.78, 5) is 8.36. The molecule has 0 rings (SSSR count). The Morgan fingerprint density at radius 1 is 1.00 bits per heavy atom. The van der Waals surface area contributed by atoms with Crippen LogP contribution in [-0.4, -0.2) is 23.9 Å². The molecule has 0 atom stereocenters. The van der Waals surface area contributed by atoms with Crippen LogP contribution in [0.25, 0.3) is 0 Å². The lowest BCUT2D eigenvalue weighted by atomic mass is 10.4. The Hall–Kier alpha value is -0.950. The topological polar surface area (TPSA) is 37.3 Å². The number of rotatable bonds is 0. The van der Waals surface area contributed by atoms with E-state index in [4.69, 9.17) is 9.90 Å². The van der Waals surface area contributed by atoms with Gasteiger partial charge in [0.05, 0.1) is 0 Å². The Morgan fingerprint density at radius 3 is 1.17 bits per heavy atom. The van der Waals surface area contributed by atoms with E-state index in [1.54, 1.807) is 0 Å². The fraction of sp³-hybridized carbons (Fsp3) is 0.750. The Kier molecular flexibility index (Phi) is 5.49. The third-order valence-corrected chi connectivity index (χ3v) is 0.401. The number of carboxylic acid groups (broad SMARTS) is 1. The van der Waals surface area contributed by atoms with Crippen molar-refractivity contribution in [2.24, 2.45) is 0 Å². The fourth-order valence-corrected chi connectivity index (χ4v) is 0.227. The number of hydrogen-bond donors (Lipinski definition) is 1. The minimum absolute atomic E-state index is 0.250. The summed E-state index contributed by atoms with van der Waals surface area (Å²) in [6.07, 6.45) is -13.0. The zero-order chi connectivity index (χ0) is 10.4. The molecule has 0 aliphatic rings. The van der Waals surface area contributed by atoms with Gasteiger partial charge in [-0.2, -0.15) is 26.3 Å². The molecule has 0 radical (unpaired) electrons. The van der Waals surface area contributed by atoms with Crippen molar-refractivity contribution in [3.05, 3.63) is 0 Å². The van der Waals surface area contributed by atoms with Crippen molar-refractivity contribution in [1.82, 2.24) is 0 Å². The molecule has 0 saturated carbocycles. The summed E-state index contributed by atoms with van der Waals surface area (Å²) in [5.41, 5.74) is 0. The highest BCUT2D eigenvalue weighted by Gasteiger charge is 2.43. The first-order chi connectivity index (χ1) is 5.12. The molecule has 2 nitrogen and oxygen atoms in total. The molecule has 0 aromatic carbocycles. The summed E-state index contributed by atoms with van der Waals surface area (Å²) in [6, 6.07) is 0. The summed E-state index contributed by atoms with van der Waals surface area (Å²) in [5, 5.41) is 6.89. The standard InChI is InChI=1S/C3H2F6.CH2O2/c4-2(5,6)1-3(7,8)9;2-1-3/h1H2;1H,(H,2,3). The predicted molar refractivity (Wildman–Crippen MR) is 25.4 cm³/mol. The normalized spacial score (nSPS) is 11.5. The van der Waals surface area contributed by atoms with Gasteiger partial charge in [0.15, 0.2) is 0 Å². The Balaban J connectivity index is 0. The van der Waals surface area contributed by atoms with Crippen LogP contribution in [0.5, 0.6) is 0 Å². The van der Waals surface area contributed by atoms with Crippen LogP contribution in [0, 0.1) is 0 Å². The van der Waals surface area contributed by atoms with Crippen LogP contribution in [0.15, 0.2) is 0 Å². The van der Waals surface area contributed by atoms with Gasteiger partial charge in [0.25, 0.3) is 6.47 Å². The molecule has 0 spiro atoms. The minimum atomic E-state index is -5.14. The molecule has 8 heteroatoms. The van der Waals surface area contributed by atoms with Crippen LogP contribution in [0.3, 0.4) is 0 Å². The van der Waals surface area contributed by atoms with E-state index in [2.05, 4.69) is 0 Å². The number of alkyl halides is 6. The van der Waals surface area contributed by atoms with Crippen LogP contribution in [0.1, 0.15) is 6.42 Å². The van der Waals surface area contributed by atoms with Gasteiger partial charge >= 0.3 is 12.4 Å². The van der Waals surface area contributed by atoms with Crippen LogP contribution in [0.4, 0.5) is 26.3 Å². The molecule has 1 N–H and O–H groups in total. The Bertz CT molecular complexity index is 112. The fourth-order valence-electron chi connectivity index (χ4n) is 0.227. The molecule has 0 aliphatic carbocycles. The molecule has 0 aromatic rings. The smallest absolute Gasteiger partial charge is 0.397 e. The maximum atomic E-state index is 10.8. The van der Waals surface area contributed by atoms with Crippen molar-refractivity contribution in [2.45, 2.75) is 18.8 Å². The maximum absolute atomic E-state index is 10.8. The Labute approximate surface area is 62.8 Å². The molecule has 0 amide bonds. The molecule has 0 saturated heterocycles. The van der Waals surface area contributed by atoms with E-state index in [0.717, 1.165) is 0 Å². The van der Waals surface area contributed by atoms with Crippen LogP contribution < -0.4 is 0 Å². The van der Waals surface area contributed by atoms with Gasteiger partial charge in [-0.3, -0.25) is 4.79 Å². The largest absolute Gasteiger partial charge is 0.483 e. The average Bonchev–Trinajstić information content (AvgIpc) is 1.53. The van der Waals surface area contributed by atoms with E-state index >= 15 is 0 Å². The van der Waals surface area contributed by atoms with Gasteiger partial charge in [0, 0.05) is 0 Å². The first-order valence-corrected chi connectivity index (χ1v) is 2.33. The highest BCUT2D eigenvalue weighted by Crippen LogP contribution is 2.31. The van der Waals surface area contributed by atoms with Crippen molar-refractivity contribution in [1.29, 1.82) is 0 Å². The van der Waals surface area contributed by atoms with Crippen LogP contribution in [-0.2, 0) is 4.79 Å². The molecular formula is C4H4F6O2. The second kappa shape index (κ2) is 4.83. The van der Waals surface area contributed by atoms with Crippen molar-refractivity contribution in [2.75, 3.05) is 0 Å². The van der Waals surface area contributed by atoms with Gasteiger partial charge in [0.1, 0.15) is 6.42 Å². The number of hydrogen-bond acceptors (Lipinski definition) is 1. The summed E-state index contributed by atoms with van der Waals surface area (Å²) < 4.78 is 65.0. The van der Waals surface area contributed by atoms with E-state index in [1.807, 2.05) is 0 Å². The molecule has 12 heavy (non-hydrogen) atoms. The summed E-state index contributed by atoms with van der Waals surface area (Å²) in [5.74, 6) is 0. The summed E-state index contributed by atoms with van der Waals surface area (Å²) in [6.45, 7) is -0.250. The quantitative estimate of drug-likeness (QED) is 0.478. The predicted octanol–water partition coefficient (Wildman–Crippen LogP) is 2.20. The third-order valence-electron chi connectivity index (χ3n) is 0.401. The van der Waals surface area contributed by atoms with Gasteiger partial charge < -0.3 is 5.11 Å². The molecule has 0 aliphatic heterocycles. The maximum Gasteiger partial charge on any atom is 0.397 e. The van der Waals surface area contributed by atoms with E-state index in [0.29, 0.717) is 0 Å². The molecule has 0 unspecified atom stereocenters.